The zero-order chi connectivity index (χ0) is 13.2. The molecule has 1 aromatic carbocycles. The van der Waals surface area contributed by atoms with Crippen molar-refractivity contribution in [3.8, 4) is 0 Å². The number of imide groups is 1. The molecule has 18 heavy (non-hydrogen) atoms. The molecule has 0 bridgehead atoms. The minimum absolute atomic E-state index is 0.136. The molecule has 1 aromatic rings. The van der Waals surface area contributed by atoms with E-state index < -0.39 is 5.54 Å². The van der Waals surface area contributed by atoms with Gasteiger partial charge in [0.1, 0.15) is 5.54 Å². The fourth-order valence-corrected chi connectivity index (χ4v) is 2.41. The summed E-state index contributed by atoms with van der Waals surface area (Å²) in [5.74, 6) is -0.136. The first kappa shape index (κ1) is 12.6. The van der Waals surface area contributed by atoms with Gasteiger partial charge in [0.05, 0.1) is 0 Å². The van der Waals surface area contributed by atoms with Crippen molar-refractivity contribution in [2.75, 3.05) is 6.54 Å². The zero-order valence-corrected chi connectivity index (χ0v) is 10.8. The summed E-state index contributed by atoms with van der Waals surface area (Å²) in [5, 5.41) is 2.86. The van der Waals surface area contributed by atoms with Crippen molar-refractivity contribution in [3.63, 3.8) is 0 Å². The van der Waals surface area contributed by atoms with Crippen LogP contribution in [0.4, 0.5) is 4.79 Å². The van der Waals surface area contributed by atoms with Crippen LogP contribution in [0.2, 0.25) is 0 Å². The number of benzene rings is 1. The van der Waals surface area contributed by atoms with Crippen LogP contribution in [0.15, 0.2) is 30.3 Å². The van der Waals surface area contributed by atoms with Crippen LogP contribution in [0.5, 0.6) is 0 Å². The predicted molar refractivity (Wildman–Crippen MR) is 68.9 cm³/mol. The lowest BCUT2D eigenvalue weighted by molar-refractivity contribution is -0.131. The van der Waals surface area contributed by atoms with Crippen LogP contribution in [0.25, 0.3) is 0 Å². The third-order valence-electron chi connectivity index (χ3n) is 3.42. The largest absolute Gasteiger partial charge is 0.325 e. The summed E-state index contributed by atoms with van der Waals surface area (Å²) >= 11 is 0. The number of carbonyl (C=O) groups is 2. The topological polar surface area (TPSA) is 49.4 Å². The number of rotatable bonds is 4. The Hall–Kier alpha value is -1.84. The van der Waals surface area contributed by atoms with E-state index in [4.69, 9.17) is 0 Å². The molecule has 0 radical (unpaired) electrons. The molecule has 1 saturated heterocycles. The lowest BCUT2D eigenvalue weighted by Crippen LogP contribution is -2.43. The molecular weight excluding hydrogens is 228 g/mol. The molecule has 1 fully saturated rings. The van der Waals surface area contributed by atoms with Crippen molar-refractivity contribution < 1.29 is 9.59 Å². The minimum Gasteiger partial charge on any atom is -0.319 e. The fraction of sp³-hybridized carbons (Fsp3) is 0.429. The molecule has 1 aliphatic heterocycles. The van der Waals surface area contributed by atoms with Crippen molar-refractivity contribution in [1.82, 2.24) is 10.2 Å². The first-order valence-corrected chi connectivity index (χ1v) is 6.35. The summed E-state index contributed by atoms with van der Waals surface area (Å²) in [6.45, 7) is 4.34. The molecule has 1 heterocycles. The van der Waals surface area contributed by atoms with E-state index in [1.807, 2.05) is 44.2 Å². The smallest absolute Gasteiger partial charge is 0.319 e. The van der Waals surface area contributed by atoms with Crippen LogP contribution in [0, 0.1) is 0 Å². The molecule has 4 heteroatoms. The molecular formula is C14H18N2O2. The molecule has 4 nitrogen and oxygen atoms in total. The number of hydrogen-bond acceptors (Lipinski definition) is 2. The van der Waals surface area contributed by atoms with Gasteiger partial charge in [0.2, 0.25) is 0 Å². The van der Waals surface area contributed by atoms with Crippen LogP contribution in [0.3, 0.4) is 0 Å². The second-order valence-corrected chi connectivity index (χ2v) is 4.51. The molecule has 96 valence electrons. The standard InChI is InChI=1S/C14H18N2O2/c1-3-10-16-12(17)14(4-2,15-13(16)18)11-8-6-5-7-9-11/h5-9H,3-4,10H2,1-2H3,(H,15,18). The summed E-state index contributed by atoms with van der Waals surface area (Å²) in [7, 11) is 0. The van der Waals surface area contributed by atoms with Gasteiger partial charge in [-0.05, 0) is 18.4 Å². The zero-order valence-electron chi connectivity index (χ0n) is 10.8. The van der Waals surface area contributed by atoms with E-state index >= 15 is 0 Å². The summed E-state index contributed by atoms with van der Waals surface area (Å²) < 4.78 is 0. The molecule has 0 spiro atoms. The Morgan fingerprint density at radius 1 is 1.17 bits per heavy atom. The third-order valence-corrected chi connectivity index (χ3v) is 3.42. The lowest BCUT2D eigenvalue weighted by atomic mass is 9.87. The average Bonchev–Trinajstić information content (AvgIpc) is 2.65. The number of nitrogens with one attached hydrogen (secondary N) is 1. The van der Waals surface area contributed by atoms with E-state index in [-0.39, 0.29) is 11.9 Å². The maximum absolute atomic E-state index is 12.5. The third kappa shape index (κ3) is 1.78. The van der Waals surface area contributed by atoms with Gasteiger partial charge in [-0.1, -0.05) is 44.2 Å². The molecule has 0 aromatic heterocycles. The Bertz CT molecular complexity index is 458. The Morgan fingerprint density at radius 2 is 1.83 bits per heavy atom. The van der Waals surface area contributed by atoms with Gasteiger partial charge < -0.3 is 5.32 Å². The van der Waals surface area contributed by atoms with Gasteiger partial charge in [-0.3, -0.25) is 9.69 Å². The van der Waals surface area contributed by atoms with Crippen LogP contribution >= 0.6 is 0 Å². The fourth-order valence-electron chi connectivity index (χ4n) is 2.41. The normalized spacial score (nSPS) is 23.3. The van der Waals surface area contributed by atoms with E-state index in [1.54, 1.807) is 0 Å². The van der Waals surface area contributed by atoms with Crippen molar-refractivity contribution in [2.45, 2.75) is 32.2 Å². The lowest BCUT2D eigenvalue weighted by Gasteiger charge is -2.25. The van der Waals surface area contributed by atoms with Gasteiger partial charge in [0.15, 0.2) is 0 Å². The van der Waals surface area contributed by atoms with Crippen molar-refractivity contribution in [2.24, 2.45) is 0 Å². The Labute approximate surface area is 107 Å². The summed E-state index contributed by atoms with van der Waals surface area (Å²) in [6.07, 6.45) is 1.33. The SMILES string of the molecule is CCCN1C(=O)NC(CC)(c2ccccc2)C1=O. The van der Waals surface area contributed by atoms with E-state index in [2.05, 4.69) is 5.32 Å². The van der Waals surface area contributed by atoms with Crippen LogP contribution in [-0.2, 0) is 10.3 Å². The number of urea groups is 1. The monoisotopic (exact) mass is 246 g/mol. The Balaban J connectivity index is 2.41. The number of carbonyl (C=O) groups excluding carboxylic acids is 2. The van der Waals surface area contributed by atoms with Gasteiger partial charge >= 0.3 is 6.03 Å². The molecule has 2 rings (SSSR count). The Kier molecular flexibility index (Phi) is 3.36. The van der Waals surface area contributed by atoms with E-state index in [0.717, 1.165) is 12.0 Å². The highest BCUT2D eigenvalue weighted by molar-refractivity contribution is 6.07. The highest BCUT2D eigenvalue weighted by atomic mass is 16.2. The highest BCUT2D eigenvalue weighted by Crippen LogP contribution is 2.32. The second kappa shape index (κ2) is 4.80. The highest BCUT2D eigenvalue weighted by Gasteiger charge is 2.50. The summed E-state index contributed by atoms with van der Waals surface area (Å²) in [6, 6.07) is 9.16. The van der Waals surface area contributed by atoms with Crippen LogP contribution < -0.4 is 5.32 Å². The number of hydrogen-bond donors (Lipinski definition) is 1. The van der Waals surface area contributed by atoms with Crippen molar-refractivity contribution in [3.05, 3.63) is 35.9 Å². The molecule has 3 amide bonds. The maximum Gasteiger partial charge on any atom is 0.325 e. The quantitative estimate of drug-likeness (QED) is 0.828. The van der Waals surface area contributed by atoms with E-state index in [0.29, 0.717) is 13.0 Å². The number of amides is 3. The molecule has 1 atom stereocenters. The molecule has 1 N–H and O–H groups in total. The van der Waals surface area contributed by atoms with Gasteiger partial charge in [0.25, 0.3) is 5.91 Å². The van der Waals surface area contributed by atoms with Gasteiger partial charge in [-0.2, -0.15) is 0 Å². The molecule has 1 aliphatic rings. The molecule has 1 unspecified atom stereocenters. The van der Waals surface area contributed by atoms with E-state index in [1.165, 1.54) is 4.90 Å². The van der Waals surface area contributed by atoms with Crippen molar-refractivity contribution >= 4 is 11.9 Å². The van der Waals surface area contributed by atoms with Gasteiger partial charge in [-0.25, -0.2) is 4.79 Å². The van der Waals surface area contributed by atoms with Crippen LogP contribution in [-0.4, -0.2) is 23.4 Å². The first-order chi connectivity index (χ1) is 8.65. The van der Waals surface area contributed by atoms with Gasteiger partial charge in [-0.15, -0.1) is 0 Å². The number of nitrogens with zero attached hydrogens (tertiary/aromatic N) is 1. The summed E-state index contributed by atoms with van der Waals surface area (Å²) in [5.41, 5.74) is -0.0301. The first-order valence-electron chi connectivity index (χ1n) is 6.35. The summed E-state index contributed by atoms with van der Waals surface area (Å²) in [4.78, 5) is 25.7. The maximum atomic E-state index is 12.5. The van der Waals surface area contributed by atoms with Gasteiger partial charge in [0, 0.05) is 6.54 Å². The van der Waals surface area contributed by atoms with Crippen molar-refractivity contribution in [1.29, 1.82) is 0 Å². The Morgan fingerprint density at radius 3 is 2.39 bits per heavy atom. The molecule has 0 aliphatic carbocycles. The van der Waals surface area contributed by atoms with E-state index in [9.17, 15) is 9.59 Å². The molecule has 0 saturated carbocycles. The average molecular weight is 246 g/mol. The minimum atomic E-state index is -0.881. The van der Waals surface area contributed by atoms with Crippen LogP contribution in [0.1, 0.15) is 32.3 Å². The predicted octanol–water partition coefficient (Wildman–Crippen LogP) is 2.25. The second-order valence-electron chi connectivity index (χ2n) is 4.51.